The molecule has 1 atom stereocenters. The first-order valence-corrected chi connectivity index (χ1v) is 7.28. The summed E-state index contributed by atoms with van der Waals surface area (Å²) in [6.07, 6.45) is 4.75. The minimum atomic E-state index is -0.742. The van der Waals surface area contributed by atoms with Gasteiger partial charge in [0.2, 0.25) is 0 Å². The standard InChI is InChI=1S/C16H21N3O4/c1-16(2,3)23-15(21)9-19-8-11(6-14(17)22-10-20)12-7-18-5-4-13(12)19/h4-5,7-8,10,14H,6,9,17H2,1-3H3. The van der Waals surface area contributed by atoms with Crippen LogP contribution in [0.4, 0.5) is 0 Å². The molecule has 23 heavy (non-hydrogen) atoms. The molecular weight excluding hydrogens is 298 g/mol. The minimum absolute atomic E-state index is 0.0849. The molecular formula is C16H21N3O4. The highest BCUT2D eigenvalue weighted by molar-refractivity contribution is 5.84. The van der Waals surface area contributed by atoms with Gasteiger partial charge in [-0.1, -0.05) is 0 Å². The van der Waals surface area contributed by atoms with Crippen LogP contribution in [0.15, 0.2) is 24.7 Å². The number of ether oxygens (including phenoxy) is 2. The minimum Gasteiger partial charge on any atom is -0.459 e. The first-order chi connectivity index (χ1) is 10.8. The van der Waals surface area contributed by atoms with Gasteiger partial charge in [-0.2, -0.15) is 0 Å². The number of rotatable bonds is 6. The Morgan fingerprint density at radius 3 is 2.87 bits per heavy atom. The number of esters is 1. The van der Waals surface area contributed by atoms with Crippen molar-refractivity contribution < 1.29 is 19.1 Å². The summed E-state index contributed by atoms with van der Waals surface area (Å²) >= 11 is 0. The van der Waals surface area contributed by atoms with E-state index in [-0.39, 0.29) is 12.5 Å². The van der Waals surface area contributed by atoms with Crippen molar-refractivity contribution >= 4 is 23.3 Å². The van der Waals surface area contributed by atoms with Crippen LogP contribution in [0.2, 0.25) is 0 Å². The molecule has 1 unspecified atom stereocenters. The summed E-state index contributed by atoms with van der Waals surface area (Å²) in [4.78, 5) is 26.5. The molecule has 2 rings (SSSR count). The van der Waals surface area contributed by atoms with Crippen LogP contribution in [0.1, 0.15) is 26.3 Å². The molecule has 7 heteroatoms. The van der Waals surface area contributed by atoms with Crippen LogP contribution in [0.5, 0.6) is 0 Å². The Morgan fingerprint density at radius 1 is 1.48 bits per heavy atom. The van der Waals surface area contributed by atoms with E-state index >= 15 is 0 Å². The summed E-state index contributed by atoms with van der Waals surface area (Å²) in [6, 6.07) is 1.81. The second-order valence-corrected chi connectivity index (χ2v) is 6.24. The quantitative estimate of drug-likeness (QED) is 0.491. The van der Waals surface area contributed by atoms with Crippen molar-refractivity contribution in [3.05, 3.63) is 30.2 Å². The van der Waals surface area contributed by atoms with Crippen molar-refractivity contribution in [3.8, 4) is 0 Å². The highest BCUT2D eigenvalue weighted by Gasteiger charge is 2.19. The summed E-state index contributed by atoms with van der Waals surface area (Å²) in [7, 11) is 0. The Hall–Kier alpha value is -2.41. The molecule has 0 amide bonds. The molecule has 2 heterocycles. The molecule has 0 aliphatic heterocycles. The van der Waals surface area contributed by atoms with E-state index in [0.717, 1.165) is 16.5 Å². The van der Waals surface area contributed by atoms with Gasteiger partial charge in [0, 0.05) is 30.4 Å². The van der Waals surface area contributed by atoms with Crippen molar-refractivity contribution in [2.24, 2.45) is 5.73 Å². The first-order valence-electron chi connectivity index (χ1n) is 7.28. The third-order valence-corrected chi connectivity index (χ3v) is 3.14. The number of nitrogens with two attached hydrogens (primary N) is 1. The fraction of sp³-hybridized carbons (Fsp3) is 0.438. The Morgan fingerprint density at radius 2 is 2.22 bits per heavy atom. The number of fused-ring (bicyclic) bond motifs is 1. The van der Waals surface area contributed by atoms with E-state index in [1.165, 1.54) is 0 Å². The zero-order valence-electron chi connectivity index (χ0n) is 13.5. The molecule has 2 N–H and O–H groups in total. The first kappa shape index (κ1) is 17.0. The van der Waals surface area contributed by atoms with Crippen LogP contribution < -0.4 is 5.73 Å². The topological polar surface area (TPSA) is 96.4 Å². The lowest BCUT2D eigenvalue weighted by atomic mass is 10.1. The lowest BCUT2D eigenvalue weighted by molar-refractivity contribution is -0.155. The van der Waals surface area contributed by atoms with Gasteiger partial charge in [-0.25, -0.2) is 0 Å². The summed E-state index contributed by atoms with van der Waals surface area (Å²) in [5, 5.41) is 0.862. The lowest BCUT2D eigenvalue weighted by Gasteiger charge is -2.19. The molecule has 0 radical (unpaired) electrons. The average Bonchev–Trinajstić information content (AvgIpc) is 2.75. The van der Waals surface area contributed by atoms with E-state index in [9.17, 15) is 9.59 Å². The number of carbonyl (C=O) groups excluding carboxylic acids is 2. The maximum Gasteiger partial charge on any atom is 0.326 e. The Labute approximate surface area is 134 Å². The molecule has 0 saturated carbocycles. The fourth-order valence-electron chi connectivity index (χ4n) is 2.35. The van der Waals surface area contributed by atoms with Gasteiger partial charge >= 0.3 is 5.97 Å². The van der Waals surface area contributed by atoms with Gasteiger partial charge in [0.25, 0.3) is 6.47 Å². The van der Waals surface area contributed by atoms with Crippen LogP contribution >= 0.6 is 0 Å². The molecule has 0 aliphatic carbocycles. The molecule has 0 aromatic carbocycles. The second kappa shape index (κ2) is 6.78. The van der Waals surface area contributed by atoms with E-state index in [4.69, 9.17) is 15.2 Å². The Balaban J connectivity index is 2.26. The van der Waals surface area contributed by atoms with E-state index in [1.807, 2.05) is 33.0 Å². The maximum atomic E-state index is 12.1. The van der Waals surface area contributed by atoms with Crippen molar-refractivity contribution in [2.75, 3.05) is 0 Å². The highest BCUT2D eigenvalue weighted by Crippen LogP contribution is 2.22. The lowest BCUT2D eigenvalue weighted by Crippen LogP contribution is -2.26. The molecule has 124 valence electrons. The molecule has 2 aromatic rings. The van der Waals surface area contributed by atoms with E-state index in [2.05, 4.69) is 4.98 Å². The normalized spacial score (nSPS) is 12.9. The summed E-state index contributed by atoms with van der Waals surface area (Å²) in [6.45, 7) is 5.88. The third kappa shape index (κ3) is 4.53. The molecule has 0 aliphatic rings. The highest BCUT2D eigenvalue weighted by atomic mass is 16.6. The molecule has 0 bridgehead atoms. The van der Waals surface area contributed by atoms with Gasteiger partial charge in [0.05, 0.1) is 5.52 Å². The van der Waals surface area contributed by atoms with E-state index in [0.29, 0.717) is 12.9 Å². The van der Waals surface area contributed by atoms with Crippen LogP contribution in [0.3, 0.4) is 0 Å². The summed E-state index contributed by atoms with van der Waals surface area (Å²) in [5.41, 5.74) is 6.89. The van der Waals surface area contributed by atoms with Crippen LogP contribution in [-0.4, -0.2) is 33.8 Å². The Kier molecular flexibility index (Phi) is 5.00. The fourth-order valence-corrected chi connectivity index (χ4v) is 2.35. The van der Waals surface area contributed by atoms with Crippen LogP contribution in [-0.2, 0) is 32.0 Å². The van der Waals surface area contributed by atoms with Gasteiger partial charge in [0.15, 0.2) is 6.23 Å². The molecule has 0 saturated heterocycles. The van der Waals surface area contributed by atoms with E-state index in [1.54, 1.807) is 17.0 Å². The maximum absolute atomic E-state index is 12.1. The average molecular weight is 319 g/mol. The smallest absolute Gasteiger partial charge is 0.326 e. The summed E-state index contributed by atoms with van der Waals surface area (Å²) < 4.78 is 11.9. The van der Waals surface area contributed by atoms with Crippen molar-refractivity contribution in [3.63, 3.8) is 0 Å². The van der Waals surface area contributed by atoms with Gasteiger partial charge < -0.3 is 14.0 Å². The van der Waals surface area contributed by atoms with Gasteiger partial charge in [-0.15, -0.1) is 0 Å². The molecule has 0 spiro atoms. The predicted octanol–water partition coefficient (Wildman–Crippen LogP) is 1.38. The largest absolute Gasteiger partial charge is 0.459 e. The van der Waals surface area contributed by atoms with Crippen molar-refractivity contribution in [2.45, 2.75) is 45.6 Å². The zero-order valence-corrected chi connectivity index (χ0v) is 13.5. The number of carbonyl (C=O) groups is 2. The zero-order chi connectivity index (χ0) is 17.0. The number of hydrogen-bond donors (Lipinski definition) is 1. The number of nitrogens with zero attached hydrogens (tertiary/aromatic N) is 2. The number of aromatic nitrogens is 2. The van der Waals surface area contributed by atoms with Crippen LogP contribution in [0, 0.1) is 0 Å². The van der Waals surface area contributed by atoms with Gasteiger partial charge in [-0.3, -0.25) is 20.3 Å². The monoisotopic (exact) mass is 319 g/mol. The molecule has 0 fully saturated rings. The van der Waals surface area contributed by atoms with Gasteiger partial charge in [-0.05, 0) is 32.4 Å². The summed E-state index contributed by atoms with van der Waals surface area (Å²) in [5.74, 6) is -0.328. The van der Waals surface area contributed by atoms with Crippen LogP contribution in [0.25, 0.3) is 10.9 Å². The molecule has 2 aromatic heterocycles. The molecule has 7 nitrogen and oxygen atoms in total. The number of pyridine rings is 1. The predicted molar refractivity (Wildman–Crippen MR) is 84.4 cm³/mol. The number of hydrogen-bond acceptors (Lipinski definition) is 6. The Bertz CT molecular complexity index is 703. The van der Waals surface area contributed by atoms with Crippen molar-refractivity contribution in [1.82, 2.24) is 9.55 Å². The third-order valence-electron chi connectivity index (χ3n) is 3.14. The van der Waals surface area contributed by atoms with E-state index < -0.39 is 11.8 Å². The second-order valence-electron chi connectivity index (χ2n) is 6.24. The SMILES string of the molecule is CC(C)(C)OC(=O)Cn1cc(CC(N)OC=O)c2cnccc21. The van der Waals surface area contributed by atoms with Crippen molar-refractivity contribution in [1.29, 1.82) is 0 Å². The van der Waals surface area contributed by atoms with Gasteiger partial charge in [0.1, 0.15) is 12.1 Å².